The van der Waals surface area contributed by atoms with Gasteiger partial charge in [0.05, 0.1) is 16.2 Å². The van der Waals surface area contributed by atoms with Crippen LogP contribution in [0.3, 0.4) is 0 Å². The van der Waals surface area contributed by atoms with Crippen molar-refractivity contribution in [2.24, 2.45) is 0 Å². The number of nitrogen functional groups attached to an aromatic ring is 1. The van der Waals surface area contributed by atoms with E-state index in [0.29, 0.717) is 17.4 Å². The zero-order chi connectivity index (χ0) is 10.6. The molecule has 0 radical (unpaired) electrons. The van der Waals surface area contributed by atoms with Crippen LogP contribution in [0.15, 0.2) is 21.7 Å². The fourth-order valence-electron chi connectivity index (χ4n) is 1.09. The molecule has 1 heterocycles. The van der Waals surface area contributed by atoms with Crippen molar-refractivity contribution in [2.75, 3.05) is 5.73 Å². The van der Waals surface area contributed by atoms with Gasteiger partial charge >= 0.3 is 0 Å². The average Bonchev–Trinajstić information content (AvgIpc) is 2.14. The highest BCUT2D eigenvalue weighted by molar-refractivity contribution is 9.10. The van der Waals surface area contributed by atoms with E-state index >= 15 is 0 Å². The molecule has 0 saturated heterocycles. The number of anilines is 1. The first-order valence-corrected chi connectivity index (χ1v) is 4.96. The summed E-state index contributed by atoms with van der Waals surface area (Å²) < 4.78 is 2.26. The third-order valence-electron chi connectivity index (χ3n) is 1.77. The normalized spacial score (nSPS) is 9.71. The third kappa shape index (κ3) is 2.60. The summed E-state index contributed by atoms with van der Waals surface area (Å²) >= 11 is 3.13. The highest BCUT2D eigenvalue weighted by atomic mass is 79.9. The molecule has 4 nitrogen and oxygen atoms in total. The Kier molecular flexibility index (Phi) is 3.72. The maximum absolute atomic E-state index is 11.2. The quantitative estimate of drug-likeness (QED) is 0.833. The van der Waals surface area contributed by atoms with Crippen LogP contribution >= 0.6 is 15.9 Å². The fourth-order valence-corrected chi connectivity index (χ4v) is 1.58. The summed E-state index contributed by atoms with van der Waals surface area (Å²) in [6.07, 6.45) is 4.52. The molecule has 0 aliphatic carbocycles. The van der Waals surface area contributed by atoms with Crippen molar-refractivity contribution in [1.82, 2.24) is 4.57 Å². The topological polar surface area (TPSA) is 71.8 Å². The molecule has 0 aliphatic rings. The number of rotatable bonds is 3. The van der Waals surface area contributed by atoms with Gasteiger partial charge in [-0.2, -0.15) is 5.26 Å². The largest absolute Gasteiger partial charge is 0.394 e. The zero-order valence-corrected chi connectivity index (χ0v) is 9.12. The smallest absolute Gasteiger partial charge is 0.218 e. The van der Waals surface area contributed by atoms with Crippen LogP contribution in [-0.2, 0) is 6.54 Å². The number of unbranched alkanes of at least 4 members (excludes halogenated alkanes) is 1. The fraction of sp³-hybridized carbons (Fsp3) is 0.333. The lowest BCUT2D eigenvalue weighted by Crippen LogP contribution is -2.13. The molecule has 74 valence electrons. The van der Waals surface area contributed by atoms with Crippen molar-refractivity contribution in [3.05, 3.63) is 27.1 Å². The van der Waals surface area contributed by atoms with Crippen LogP contribution in [0.2, 0.25) is 0 Å². The van der Waals surface area contributed by atoms with E-state index in [1.54, 1.807) is 17.0 Å². The van der Waals surface area contributed by atoms with Crippen LogP contribution in [0, 0.1) is 11.3 Å². The van der Waals surface area contributed by atoms with Gasteiger partial charge < -0.3 is 10.3 Å². The van der Waals surface area contributed by atoms with Gasteiger partial charge in [0.1, 0.15) is 0 Å². The van der Waals surface area contributed by atoms with Gasteiger partial charge in [-0.1, -0.05) is 0 Å². The van der Waals surface area contributed by atoms with E-state index in [0.717, 1.165) is 6.42 Å². The number of nitriles is 1. The Morgan fingerprint density at radius 3 is 2.86 bits per heavy atom. The predicted molar refractivity (Wildman–Crippen MR) is 57.7 cm³/mol. The maximum Gasteiger partial charge on any atom is 0.218 e. The maximum atomic E-state index is 11.2. The number of nitrogens with zero attached hydrogens (tertiary/aromatic N) is 2. The summed E-state index contributed by atoms with van der Waals surface area (Å²) in [5.41, 5.74) is 5.52. The summed E-state index contributed by atoms with van der Waals surface area (Å²) in [6, 6.07) is 2.06. The molecule has 0 unspecified atom stereocenters. The van der Waals surface area contributed by atoms with Crippen molar-refractivity contribution in [2.45, 2.75) is 19.4 Å². The number of aryl methyl sites for hydroxylation is 1. The Morgan fingerprint density at radius 2 is 2.29 bits per heavy atom. The number of aromatic nitrogens is 1. The minimum absolute atomic E-state index is 0.193. The van der Waals surface area contributed by atoms with Crippen molar-refractivity contribution in [3.63, 3.8) is 0 Å². The molecule has 0 aliphatic heterocycles. The monoisotopic (exact) mass is 255 g/mol. The molecule has 0 aromatic carbocycles. The number of hydrogen-bond donors (Lipinski definition) is 1. The van der Waals surface area contributed by atoms with Gasteiger partial charge in [-0.3, -0.25) is 4.79 Å². The van der Waals surface area contributed by atoms with Crippen LogP contribution in [0.25, 0.3) is 0 Å². The molecule has 1 aromatic heterocycles. The van der Waals surface area contributed by atoms with Crippen LogP contribution in [0.1, 0.15) is 12.8 Å². The molecule has 5 heteroatoms. The van der Waals surface area contributed by atoms with Crippen LogP contribution in [0.4, 0.5) is 5.69 Å². The third-order valence-corrected chi connectivity index (χ3v) is 2.33. The molecule has 0 saturated carbocycles. The van der Waals surface area contributed by atoms with E-state index in [-0.39, 0.29) is 11.1 Å². The summed E-state index contributed by atoms with van der Waals surface area (Å²) in [7, 11) is 0. The second-order valence-corrected chi connectivity index (χ2v) is 3.74. The molecule has 14 heavy (non-hydrogen) atoms. The number of pyridine rings is 1. The first-order chi connectivity index (χ1) is 6.65. The molecule has 1 rings (SSSR count). The van der Waals surface area contributed by atoms with Crippen LogP contribution in [-0.4, -0.2) is 4.57 Å². The predicted octanol–water partition coefficient (Wildman–Crippen LogP) is 1.50. The molecule has 2 N–H and O–H groups in total. The zero-order valence-electron chi connectivity index (χ0n) is 7.53. The van der Waals surface area contributed by atoms with Gasteiger partial charge in [0.25, 0.3) is 0 Å². The lowest BCUT2D eigenvalue weighted by Gasteiger charge is -2.06. The SMILES string of the molecule is N#CCCCn1cc(N)c(=O)c(Br)c1. The van der Waals surface area contributed by atoms with Crippen molar-refractivity contribution in [1.29, 1.82) is 5.26 Å². The summed E-state index contributed by atoms with van der Waals surface area (Å²) in [6.45, 7) is 0.691. The van der Waals surface area contributed by atoms with E-state index in [4.69, 9.17) is 11.0 Å². The Hall–Kier alpha value is -1.28. The van der Waals surface area contributed by atoms with E-state index < -0.39 is 0 Å². The van der Waals surface area contributed by atoms with E-state index in [9.17, 15) is 4.79 Å². The Morgan fingerprint density at radius 1 is 1.57 bits per heavy atom. The standard InChI is InChI=1S/C9H10BrN3O/c10-7-5-13(4-2-1-3-11)6-8(12)9(7)14/h5-6H,1-2,4,12H2. The van der Waals surface area contributed by atoms with Crippen molar-refractivity contribution < 1.29 is 0 Å². The minimum atomic E-state index is -0.193. The lowest BCUT2D eigenvalue weighted by atomic mass is 10.3. The molecule has 0 bridgehead atoms. The first-order valence-electron chi connectivity index (χ1n) is 4.17. The molecular weight excluding hydrogens is 246 g/mol. The average molecular weight is 256 g/mol. The van der Waals surface area contributed by atoms with Gasteiger partial charge in [0.2, 0.25) is 5.43 Å². The minimum Gasteiger partial charge on any atom is -0.394 e. The van der Waals surface area contributed by atoms with Gasteiger partial charge in [0, 0.05) is 25.4 Å². The Labute approximate surface area is 90.1 Å². The number of nitrogens with two attached hydrogens (primary N) is 1. The Balaban J connectivity index is 2.81. The molecular formula is C9H10BrN3O. The first kappa shape index (κ1) is 10.8. The molecule has 0 atom stereocenters. The van der Waals surface area contributed by atoms with Gasteiger partial charge in [-0.05, 0) is 22.4 Å². The summed E-state index contributed by atoms with van der Waals surface area (Å²) in [5, 5.41) is 8.35. The highest BCUT2D eigenvalue weighted by Crippen LogP contribution is 2.07. The van der Waals surface area contributed by atoms with Crippen LogP contribution < -0.4 is 11.2 Å². The molecule has 1 aromatic rings. The van der Waals surface area contributed by atoms with Gasteiger partial charge in [-0.15, -0.1) is 0 Å². The summed E-state index contributed by atoms with van der Waals surface area (Å²) in [5.74, 6) is 0. The lowest BCUT2D eigenvalue weighted by molar-refractivity contribution is 0.648. The second-order valence-electron chi connectivity index (χ2n) is 2.89. The van der Waals surface area contributed by atoms with Crippen molar-refractivity contribution in [3.8, 4) is 6.07 Å². The molecule has 0 fully saturated rings. The number of halogens is 1. The van der Waals surface area contributed by atoms with Crippen LogP contribution in [0.5, 0.6) is 0 Å². The van der Waals surface area contributed by atoms with Gasteiger partial charge in [0.15, 0.2) is 0 Å². The van der Waals surface area contributed by atoms with Crippen molar-refractivity contribution >= 4 is 21.6 Å². The van der Waals surface area contributed by atoms with E-state index in [1.165, 1.54) is 0 Å². The Bertz CT molecular complexity index is 393. The highest BCUT2D eigenvalue weighted by Gasteiger charge is 2.01. The molecule has 0 spiro atoms. The molecule has 0 amide bonds. The summed E-state index contributed by atoms with van der Waals surface area (Å²) in [4.78, 5) is 11.2. The van der Waals surface area contributed by atoms with E-state index in [2.05, 4.69) is 22.0 Å². The van der Waals surface area contributed by atoms with E-state index in [1.807, 2.05) is 0 Å². The van der Waals surface area contributed by atoms with Gasteiger partial charge in [-0.25, -0.2) is 0 Å². The number of hydrogen-bond acceptors (Lipinski definition) is 3. The second kappa shape index (κ2) is 4.82.